The molecule has 1 aliphatic heterocycles. The Bertz CT molecular complexity index is 278. The highest BCUT2D eigenvalue weighted by atomic mass is 16.5. The van der Waals surface area contributed by atoms with E-state index < -0.39 is 0 Å². The summed E-state index contributed by atoms with van der Waals surface area (Å²) >= 11 is 0. The summed E-state index contributed by atoms with van der Waals surface area (Å²) in [5.74, 6) is 0. The Balaban J connectivity index is 0.00000106. The van der Waals surface area contributed by atoms with E-state index in [0.29, 0.717) is 13.2 Å². The van der Waals surface area contributed by atoms with Crippen molar-refractivity contribution in [3.63, 3.8) is 0 Å². The lowest BCUT2D eigenvalue weighted by atomic mass is 10.2. The van der Waals surface area contributed by atoms with Gasteiger partial charge >= 0.3 is 0 Å². The van der Waals surface area contributed by atoms with Crippen LogP contribution >= 0.6 is 0 Å². The Kier molecular flexibility index (Phi) is 8.14. The van der Waals surface area contributed by atoms with Gasteiger partial charge in [0.25, 0.3) is 0 Å². The molecule has 1 unspecified atom stereocenters. The van der Waals surface area contributed by atoms with Crippen LogP contribution in [0.25, 0.3) is 0 Å². The molecule has 0 amide bonds. The molecule has 1 rings (SSSR count). The number of hydrogen-bond donors (Lipinski definition) is 0. The van der Waals surface area contributed by atoms with Crippen molar-refractivity contribution >= 4 is 0 Å². The number of nitriles is 1. The fraction of sp³-hybridized carbons (Fsp3) is 0.462. The summed E-state index contributed by atoms with van der Waals surface area (Å²) in [5.41, 5.74) is 1.08. The number of rotatable bonds is 3. The van der Waals surface area contributed by atoms with E-state index in [4.69, 9.17) is 10.00 Å². The first kappa shape index (κ1) is 14.6. The third kappa shape index (κ3) is 5.50. The number of nitrogens with zero attached hydrogens (tertiary/aromatic N) is 2. The van der Waals surface area contributed by atoms with Crippen molar-refractivity contribution < 1.29 is 4.74 Å². The van der Waals surface area contributed by atoms with Gasteiger partial charge in [0.1, 0.15) is 0 Å². The Labute approximate surface area is 98.3 Å². The van der Waals surface area contributed by atoms with E-state index >= 15 is 0 Å². The summed E-state index contributed by atoms with van der Waals surface area (Å²) in [6, 6.07) is 2.13. The quantitative estimate of drug-likeness (QED) is 0.540. The second kappa shape index (κ2) is 8.90. The van der Waals surface area contributed by atoms with Crippen LogP contribution in [0.5, 0.6) is 0 Å². The van der Waals surface area contributed by atoms with Crippen molar-refractivity contribution in [3.8, 4) is 6.07 Å². The largest absolute Gasteiger partial charge is 0.361 e. The zero-order valence-electron chi connectivity index (χ0n) is 9.98. The van der Waals surface area contributed by atoms with Crippen LogP contribution in [-0.2, 0) is 4.74 Å². The minimum atomic E-state index is -0.276. The Hall–Kier alpha value is -1.37. The lowest BCUT2D eigenvalue weighted by Gasteiger charge is -2.29. The summed E-state index contributed by atoms with van der Waals surface area (Å²) in [6.45, 7) is 14.9. The van der Waals surface area contributed by atoms with Gasteiger partial charge in [0, 0.05) is 19.6 Å². The van der Waals surface area contributed by atoms with Gasteiger partial charge in [-0.1, -0.05) is 18.7 Å². The summed E-state index contributed by atoms with van der Waals surface area (Å²) in [6.07, 6.45) is 3.70. The summed E-state index contributed by atoms with van der Waals surface area (Å²) in [5, 5.41) is 8.71. The van der Waals surface area contributed by atoms with E-state index in [-0.39, 0.29) is 6.10 Å². The highest BCUT2D eigenvalue weighted by Crippen LogP contribution is 2.06. The molecule has 1 aliphatic rings. The molecule has 0 aliphatic carbocycles. The highest BCUT2D eigenvalue weighted by Gasteiger charge is 2.19. The average Bonchev–Trinajstić information content (AvgIpc) is 2.32. The molecule has 88 valence electrons. The fourth-order valence-electron chi connectivity index (χ4n) is 1.50. The lowest BCUT2D eigenvalue weighted by Crippen LogP contribution is -2.42. The molecule has 1 atom stereocenters. The Morgan fingerprint density at radius 1 is 1.62 bits per heavy atom. The minimum absolute atomic E-state index is 0.276. The van der Waals surface area contributed by atoms with Crippen molar-refractivity contribution in [3.05, 3.63) is 37.5 Å². The molecular formula is C13H20N2O. The predicted molar refractivity (Wildman–Crippen MR) is 67.0 cm³/mol. The van der Waals surface area contributed by atoms with E-state index in [0.717, 1.165) is 18.7 Å². The topological polar surface area (TPSA) is 36.3 Å². The van der Waals surface area contributed by atoms with Crippen LogP contribution in [0.1, 0.15) is 6.92 Å². The second-order valence-corrected chi connectivity index (χ2v) is 3.38. The zero-order chi connectivity index (χ0) is 12.4. The standard InChI is InChI=1S/C11H16N2O.C2H4/c1-3-4-10(2)8-13-5-6-14-11(7-12)9-13;1-2/h3-4,11H,2,5-6,8-9H2,1H3;1-2H2/b4-3-;. The first-order chi connectivity index (χ1) is 7.76. The summed E-state index contributed by atoms with van der Waals surface area (Å²) < 4.78 is 5.25. The number of hydrogen-bond acceptors (Lipinski definition) is 3. The molecule has 1 saturated heterocycles. The first-order valence-corrected chi connectivity index (χ1v) is 5.30. The van der Waals surface area contributed by atoms with E-state index in [2.05, 4.69) is 30.7 Å². The second-order valence-electron chi connectivity index (χ2n) is 3.38. The van der Waals surface area contributed by atoms with Crippen LogP contribution < -0.4 is 0 Å². The van der Waals surface area contributed by atoms with Gasteiger partial charge in [0.05, 0.1) is 12.7 Å². The van der Waals surface area contributed by atoms with E-state index in [1.807, 2.05) is 19.1 Å². The smallest absolute Gasteiger partial charge is 0.156 e. The predicted octanol–water partition coefficient (Wildman–Crippen LogP) is 2.15. The molecule has 16 heavy (non-hydrogen) atoms. The number of morpholine rings is 1. The van der Waals surface area contributed by atoms with Crippen molar-refractivity contribution in [1.29, 1.82) is 5.26 Å². The molecule has 0 N–H and O–H groups in total. The van der Waals surface area contributed by atoms with Gasteiger partial charge in [0.2, 0.25) is 0 Å². The fourth-order valence-corrected chi connectivity index (χ4v) is 1.50. The summed E-state index contributed by atoms with van der Waals surface area (Å²) in [7, 11) is 0. The van der Waals surface area contributed by atoms with Crippen LogP contribution in [-0.4, -0.2) is 37.2 Å². The highest BCUT2D eigenvalue weighted by molar-refractivity contribution is 5.15. The third-order valence-electron chi connectivity index (χ3n) is 2.12. The van der Waals surface area contributed by atoms with Crippen molar-refractivity contribution in [1.82, 2.24) is 4.90 Å². The molecule has 0 aromatic heterocycles. The molecular weight excluding hydrogens is 200 g/mol. The van der Waals surface area contributed by atoms with Gasteiger partial charge in [-0.3, -0.25) is 4.90 Å². The van der Waals surface area contributed by atoms with Gasteiger partial charge < -0.3 is 4.74 Å². The van der Waals surface area contributed by atoms with Gasteiger partial charge in [-0.25, -0.2) is 0 Å². The molecule has 0 aromatic carbocycles. The van der Waals surface area contributed by atoms with Crippen LogP contribution in [0.4, 0.5) is 0 Å². The maximum atomic E-state index is 8.71. The molecule has 0 aromatic rings. The van der Waals surface area contributed by atoms with Crippen molar-refractivity contribution in [2.75, 3.05) is 26.2 Å². The van der Waals surface area contributed by atoms with Crippen molar-refractivity contribution in [2.45, 2.75) is 13.0 Å². The van der Waals surface area contributed by atoms with Gasteiger partial charge in [0.15, 0.2) is 6.10 Å². The van der Waals surface area contributed by atoms with E-state index in [9.17, 15) is 0 Å². The Morgan fingerprint density at radius 2 is 2.31 bits per heavy atom. The van der Waals surface area contributed by atoms with Crippen molar-refractivity contribution in [2.24, 2.45) is 0 Å². The average molecular weight is 220 g/mol. The molecule has 1 heterocycles. The van der Waals surface area contributed by atoms with Gasteiger partial charge in [-0.15, -0.1) is 13.2 Å². The summed E-state index contributed by atoms with van der Waals surface area (Å²) in [4.78, 5) is 2.19. The van der Waals surface area contributed by atoms with Crippen LogP contribution in [0, 0.1) is 11.3 Å². The first-order valence-electron chi connectivity index (χ1n) is 5.30. The Morgan fingerprint density at radius 3 is 2.88 bits per heavy atom. The van der Waals surface area contributed by atoms with Crippen LogP contribution in [0.15, 0.2) is 37.5 Å². The van der Waals surface area contributed by atoms with Gasteiger partial charge in [-0.2, -0.15) is 5.26 Å². The third-order valence-corrected chi connectivity index (χ3v) is 2.12. The van der Waals surface area contributed by atoms with Crippen LogP contribution in [0.2, 0.25) is 0 Å². The maximum absolute atomic E-state index is 8.71. The number of allylic oxidation sites excluding steroid dienone is 1. The minimum Gasteiger partial charge on any atom is -0.361 e. The van der Waals surface area contributed by atoms with E-state index in [1.54, 1.807) is 0 Å². The number of ether oxygens (including phenoxy) is 1. The molecule has 0 bridgehead atoms. The van der Waals surface area contributed by atoms with E-state index in [1.165, 1.54) is 0 Å². The normalized spacial score (nSPS) is 20.9. The zero-order valence-corrected chi connectivity index (χ0v) is 9.98. The van der Waals surface area contributed by atoms with Crippen LogP contribution in [0.3, 0.4) is 0 Å². The molecule has 0 spiro atoms. The molecule has 0 saturated carbocycles. The molecule has 0 radical (unpaired) electrons. The molecule has 3 heteroatoms. The lowest BCUT2D eigenvalue weighted by molar-refractivity contribution is 0.00452. The SMILES string of the molecule is C=C.C=C(/C=C\C)CN1CCOC(C#N)C1. The molecule has 3 nitrogen and oxygen atoms in total. The monoisotopic (exact) mass is 220 g/mol. The molecule has 1 fully saturated rings. The van der Waals surface area contributed by atoms with Gasteiger partial charge in [-0.05, 0) is 12.5 Å². The maximum Gasteiger partial charge on any atom is 0.156 e.